The van der Waals surface area contributed by atoms with Crippen LogP contribution in [-0.2, 0) is 9.84 Å². The maximum absolute atomic E-state index is 11.4. The van der Waals surface area contributed by atoms with Gasteiger partial charge in [0.25, 0.3) is 0 Å². The fourth-order valence-electron chi connectivity index (χ4n) is 1.80. The van der Waals surface area contributed by atoms with Crippen molar-refractivity contribution in [1.29, 1.82) is 0 Å². The maximum Gasteiger partial charge on any atom is 0.188 e. The van der Waals surface area contributed by atoms with Gasteiger partial charge in [0.15, 0.2) is 15.8 Å². The second-order valence-corrected chi connectivity index (χ2v) is 6.89. The van der Waals surface area contributed by atoms with Gasteiger partial charge in [0.2, 0.25) is 0 Å². The summed E-state index contributed by atoms with van der Waals surface area (Å²) in [4.78, 5) is 4.08. The third kappa shape index (κ3) is 5.72. The van der Waals surface area contributed by atoms with Crippen molar-refractivity contribution in [3.8, 4) is 0 Å². The number of hydrogen-bond acceptors (Lipinski definition) is 3. The van der Waals surface area contributed by atoms with Crippen LogP contribution in [0.4, 0.5) is 0 Å². The van der Waals surface area contributed by atoms with Crippen molar-refractivity contribution in [2.24, 2.45) is 16.6 Å². The molecule has 1 heterocycles. The summed E-state index contributed by atoms with van der Waals surface area (Å²) in [7, 11) is -2.84. The lowest BCUT2D eigenvalue weighted by molar-refractivity contribution is 0.479. The van der Waals surface area contributed by atoms with E-state index in [2.05, 4.69) is 16.9 Å². The highest BCUT2D eigenvalue weighted by atomic mass is 32.2. The van der Waals surface area contributed by atoms with Crippen molar-refractivity contribution in [3.63, 3.8) is 0 Å². The highest BCUT2D eigenvalue weighted by Gasteiger charge is 2.24. The molecule has 1 saturated heterocycles. The van der Waals surface area contributed by atoms with Crippen LogP contribution in [0.25, 0.3) is 0 Å². The van der Waals surface area contributed by atoms with E-state index < -0.39 is 9.84 Å². The van der Waals surface area contributed by atoms with Gasteiger partial charge in [0, 0.05) is 6.54 Å². The maximum atomic E-state index is 11.4. The van der Waals surface area contributed by atoms with E-state index in [0.29, 0.717) is 24.8 Å². The Labute approximate surface area is 103 Å². The van der Waals surface area contributed by atoms with E-state index in [0.717, 1.165) is 18.4 Å². The van der Waals surface area contributed by atoms with Gasteiger partial charge in [-0.05, 0) is 25.7 Å². The first-order chi connectivity index (χ1) is 7.89. The van der Waals surface area contributed by atoms with Crippen molar-refractivity contribution in [3.05, 3.63) is 12.2 Å². The first kappa shape index (κ1) is 14.0. The van der Waals surface area contributed by atoms with Crippen molar-refractivity contribution in [2.45, 2.75) is 19.8 Å². The number of aliphatic imine (C=N–C) groups is 1. The minimum Gasteiger partial charge on any atom is -0.370 e. The van der Waals surface area contributed by atoms with Gasteiger partial charge in [-0.2, -0.15) is 0 Å². The molecule has 1 atom stereocenters. The Morgan fingerprint density at radius 3 is 2.88 bits per heavy atom. The van der Waals surface area contributed by atoms with Crippen molar-refractivity contribution < 1.29 is 8.42 Å². The van der Waals surface area contributed by atoms with E-state index >= 15 is 0 Å². The lowest BCUT2D eigenvalue weighted by Crippen LogP contribution is -2.39. The normalized spacial score (nSPS) is 24.3. The van der Waals surface area contributed by atoms with Crippen LogP contribution in [0.5, 0.6) is 0 Å². The molecule has 1 rings (SSSR count). The van der Waals surface area contributed by atoms with Gasteiger partial charge in [-0.15, -0.1) is 0 Å². The number of guanidine groups is 1. The van der Waals surface area contributed by atoms with Crippen LogP contribution < -0.4 is 11.1 Å². The Hall–Kier alpha value is -1.04. The molecule has 1 aliphatic rings. The zero-order valence-electron chi connectivity index (χ0n) is 10.3. The highest BCUT2D eigenvalue weighted by Crippen LogP contribution is 2.17. The van der Waals surface area contributed by atoms with Crippen LogP contribution in [-0.4, -0.2) is 39.0 Å². The predicted molar refractivity (Wildman–Crippen MR) is 70.7 cm³/mol. The van der Waals surface area contributed by atoms with E-state index in [1.807, 2.05) is 6.92 Å². The van der Waals surface area contributed by atoms with Gasteiger partial charge in [0.1, 0.15) is 0 Å². The fraction of sp³-hybridized carbons (Fsp3) is 0.727. The number of nitrogens with one attached hydrogen (secondary N) is 1. The zero-order valence-corrected chi connectivity index (χ0v) is 11.1. The number of rotatable bonds is 4. The van der Waals surface area contributed by atoms with Crippen LogP contribution in [0, 0.1) is 5.92 Å². The molecule has 0 saturated carbocycles. The summed E-state index contributed by atoms with van der Waals surface area (Å²) < 4.78 is 22.8. The summed E-state index contributed by atoms with van der Waals surface area (Å²) >= 11 is 0. The molecule has 0 spiro atoms. The minimum absolute atomic E-state index is 0.146. The molecule has 98 valence electrons. The molecule has 6 heteroatoms. The molecule has 0 aromatic heterocycles. The molecular weight excluding hydrogens is 238 g/mol. The second-order valence-electron chi connectivity index (χ2n) is 4.66. The van der Waals surface area contributed by atoms with E-state index in [4.69, 9.17) is 5.73 Å². The second kappa shape index (κ2) is 6.05. The molecule has 1 unspecified atom stereocenters. The van der Waals surface area contributed by atoms with Gasteiger partial charge in [-0.1, -0.05) is 12.2 Å². The number of hydrogen-bond donors (Lipinski definition) is 2. The third-order valence-corrected chi connectivity index (χ3v) is 4.54. The quantitative estimate of drug-likeness (QED) is 0.432. The Morgan fingerprint density at radius 2 is 2.29 bits per heavy atom. The van der Waals surface area contributed by atoms with E-state index in [9.17, 15) is 8.42 Å². The summed E-state index contributed by atoms with van der Waals surface area (Å²) in [6.45, 7) is 6.68. The molecule has 0 amide bonds. The van der Waals surface area contributed by atoms with Gasteiger partial charge in [-0.3, -0.25) is 0 Å². The topological polar surface area (TPSA) is 84.5 Å². The first-order valence-corrected chi connectivity index (χ1v) is 7.60. The molecular formula is C11H21N3O2S. The number of nitrogens with two attached hydrogens (primary N) is 1. The smallest absolute Gasteiger partial charge is 0.188 e. The van der Waals surface area contributed by atoms with Gasteiger partial charge in [-0.25, -0.2) is 13.4 Å². The SMILES string of the molecule is C=C(C)CN=C(N)NCC1CCCS(=O)(=O)C1. The molecule has 0 aromatic rings. The summed E-state index contributed by atoms with van der Waals surface area (Å²) in [5.74, 6) is 1.08. The van der Waals surface area contributed by atoms with Crippen LogP contribution in [0.15, 0.2) is 17.1 Å². The van der Waals surface area contributed by atoms with E-state index in [1.54, 1.807) is 0 Å². The monoisotopic (exact) mass is 259 g/mol. The Bertz CT molecular complexity index is 401. The molecule has 1 aliphatic heterocycles. The molecule has 5 nitrogen and oxygen atoms in total. The molecule has 0 radical (unpaired) electrons. The highest BCUT2D eigenvalue weighted by molar-refractivity contribution is 7.91. The van der Waals surface area contributed by atoms with Gasteiger partial charge < -0.3 is 11.1 Å². The Morgan fingerprint density at radius 1 is 1.59 bits per heavy atom. The fourth-order valence-corrected chi connectivity index (χ4v) is 3.58. The summed E-state index contributed by atoms with van der Waals surface area (Å²) in [6, 6.07) is 0. The first-order valence-electron chi connectivity index (χ1n) is 5.77. The van der Waals surface area contributed by atoms with Crippen LogP contribution in [0.1, 0.15) is 19.8 Å². The van der Waals surface area contributed by atoms with Gasteiger partial charge >= 0.3 is 0 Å². The Kier molecular flexibility index (Phi) is 4.99. The van der Waals surface area contributed by atoms with Crippen molar-refractivity contribution >= 4 is 15.8 Å². The zero-order chi connectivity index (χ0) is 12.9. The minimum atomic E-state index is -2.84. The standard InChI is InChI=1S/C11H21N3O2S/c1-9(2)6-13-11(12)14-7-10-4-3-5-17(15,16)8-10/h10H,1,3-8H2,2H3,(H3,12,13,14). The Balaban J connectivity index is 2.35. The average Bonchev–Trinajstić information content (AvgIpc) is 2.22. The number of sulfone groups is 1. The van der Waals surface area contributed by atoms with Crippen LogP contribution >= 0.6 is 0 Å². The molecule has 17 heavy (non-hydrogen) atoms. The molecule has 0 aromatic carbocycles. The largest absolute Gasteiger partial charge is 0.370 e. The lowest BCUT2D eigenvalue weighted by Gasteiger charge is -2.22. The molecule has 3 N–H and O–H groups in total. The molecule has 0 bridgehead atoms. The average molecular weight is 259 g/mol. The van der Waals surface area contributed by atoms with E-state index in [-0.39, 0.29) is 11.7 Å². The summed E-state index contributed by atoms with van der Waals surface area (Å²) in [5.41, 5.74) is 6.59. The molecule has 0 aliphatic carbocycles. The lowest BCUT2D eigenvalue weighted by atomic mass is 10.1. The van der Waals surface area contributed by atoms with Gasteiger partial charge in [0.05, 0.1) is 18.1 Å². The summed E-state index contributed by atoms with van der Waals surface area (Å²) in [6.07, 6.45) is 1.68. The predicted octanol–water partition coefficient (Wildman–Crippen LogP) is 0.292. The van der Waals surface area contributed by atoms with Crippen molar-refractivity contribution in [2.75, 3.05) is 24.6 Å². The summed E-state index contributed by atoms with van der Waals surface area (Å²) in [5, 5.41) is 2.97. The van der Waals surface area contributed by atoms with Crippen molar-refractivity contribution in [1.82, 2.24) is 5.32 Å². The third-order valence-electron chi connectivity index (χ3n) is 2.65. The molecule has 1 fully saturated rings. The van der Waals surface area contributed by atoms with Crippen LogP contribution in [0.3, 0.4) is 0 Å². The van der Waals surface area contributed by atoms with E-state index in [1.165, 1.54) is 0 Å². The number of nitrogens with zero attached hydrogens (tertiary/aromatic N) is 1. The van der Waals surface area contributed by atoms with Crippen LogP contribution in [0.2, 0.25) is 0 Å².